The average molecular weight is 302 g/mol. The van der Waals surface area contributed by atoms with Crippen molar-refractivity contribution in [3.05, 3.63) is 41.2 Å². The molecule has 0 saturated heterocycles. The highest BCUT2D eigenvalue weighted by Crippen LogP contribution is 2.20. The Morgan fingerprint density at radius 2 is 2.12 bits per heavy atom. The van der Waals surface area contributed by atoms with E-state index in [1.165, 1.54) is 18.3 Å². The molecule has 0 radical (unpaired) electrons. The van der Waals surface area contributed by atoms with Gasteiger partial charge < -0.3 is 0 Å². The molecule has 1 aromatic carbocycles. The van der Waals surface area contributed by atoms with Crippen molar-refractivity contribution in [2.24, 2.45) is 0 Å². The zero-order valence-electron chi connectivity index (χ0n) is 9.12. The SMILES string of the molecule is Cc1ccc(F)c(-n2cc(CCBr)nn2)c1F. The van der Waals surface area contributed by atoms with E-state index in [9.17, 15) is 8.78 Å². The lowest BCUT2D eigenvalue weighted by atomic mass is 10.2. The first-order valence-corrected chi connectivity index (χ1v) is 6.18. The Kier molecular flexibility index (Phi) is 3.51. The first kappa shape index (κ1) is 12.2. The number of aromatic nitrogens is 3. The maximum Gasteiger partial charge on any atom is 0.154 e. The lowest BCUT2D eigenvalue weighted by Gasteiger charge is -2.05. The van der Waals surface area contributed by atoms with Crippen LogP contribution in [-0.4, -0.2) is 20.3 Å². The third kappa shape index (κ3) is 2.36. The summed E-state index contributed by atoms with van der Waals surface area (Å²) in [6.07, 6.45) is 2.19. The number of nitrogens with zero attached hydrogens (tertiary/aromatic N) is 3. The Labute approximate surface area is 106 Å². The quantitative estimate of drug-likeness (QED) is 0.816. The van der Waals surface area contributed by atoms with E-state index in [1.54, 1.807) is 6.92 Å². The van der Waals surface area contributed by atoms with Crippen molar-refractivity contribution in [1.29, 1.82) is 0 Å². The van der Waals surface area contributed by atoms with E-state index >= 15 is 0 Å². The Morgan fingerprint density at radius 3 is 2.82 bits per heavy atom. The van der Waals surface area contributed by atoms with Gasteiger partial charge in [-0.15, -0.1) is 5.10 Å². The van der Waals surface area contributed by atoms with Crippen LogP contribution < -0.4 is 0 Å². The van der Waals surface area contributed by atoms with Crippen LogP contribution in [0.15, 0.2) is 18.3 Å². The van der Waals surface area contributed by atoms with Crippen molar-refractivity contribution in [2.75, 3.05) is 5.33 Å². The highest BCUT2D eigenvalue weighted by Gasteiger charge is 2.15. The van der Waals surface area contributed by atoms with Gasteiger partial charge in [0.25, 0.3) is 0 Å². The zero-order valence-corrected chi connectivity index (χ0v) is 10.7. The van der Waals surface area contributed by atoms with Crippen LogP contribution in [0.4, 0.5) is 8.78 Å². The van der Waals surface area contributed by atoms with E-state index in [4.69, 9.17) is 0 Å². The molecule has 2 aromatic rings. The number of rotatable bonds is 3. The van der Waals surface area contributed by atoms with Crippen molar-refractivity contribution < 1.29 is 8.78 Å². The predicted molar refractivity (Wildman–Crippen MR) is 63.5 cm³/mol. The average Bonchev–Trinajstić information content (AvgIpc) is 2.73. The molecule has 1 aromatic heterocycles. The van der Waals surface area contributed by atoms with Crippen LogP contribution in [0.2, 0.25) is 0 Å². The number of alkyl halides is 1. The molecule has 0 N–H and O–H groups in total. The Hall–Kier alpha value is -1.30. The predicted octanol–water partition coefficient (Wildman–Crippen LogP) is 2.79. The smallest absolute Gasteiger partial charge is 0.154 e. The first-order chi connectivity index (χ1) is 8.13. The van der Waals surface area contributed by atoms with Gasteiger partial charge in [0.1, 0.15) is 5.69 Å². The lowest BCUT2D eigenvalue weighted by molar-refractivity contribution is 0.551. The molecule has 3 nitrogen and oxygen atoms in total. The van der Waals surface area contributed by atoms with Gasteiger partial charge in [0, 0.05) is 11.8 Å². The normalized spacial score (nSPS) is 10.8. The molecule has 17 heavy (non-hydrogen) atoms. The number of benzene rings is 1. The van der Waals surface area contributed by atoms with E-state index in [-0.39, 0.29) is 5.69 Å². The van der Waals surface area contributed by atoms with Crippen molar-refractivity contribution in [1.82, 2.24) is 15.0 Å². The Balaban J connectivity index is 2.48. The molecule has 0 bridgehead atoms. The Bertz CT molecular complexity index is 540. The van der Waals surface area contributed by atoms with Crippen LogP contribution >= 0.6 is 15.9 Å². The van der Waals surface area contributed by atoms with Gasteiger partial charge in [0.15, 0.2) is 11.6 Å². The number of halogens is 3. The molecule has 0 atom stereocenters. The van der Waals surface area contributed by atoms with Crippen LogP contribution in [0.1, 0.15) is 11.3 Å². The minimum atomic E-state index is -0.650. The number of hydrogen-bond donors (Lipinski definition) is 0. The summed E-state index contributed by atoms with van der Waals surface area (Å²) in [6.45, 7) is 1.58. The molecule has 0 aliphatic rings. The monoisotopic (exact) mass is 301 g/mol. The molecule has 0 saturated carbocycles. The van der Waals surface area contributed by atoms with Crippen molar-refractivity contribution in [3.8, 4) is 5.69 Å². The fourth-order valence-electron chi connectivity index (χ4n) is 1.47. The van der Waals surface area contributed by atoms with Gasteiger partial charge in [0.05, 0.1) is 11.9 Å². The summed E-state index contributed by atoms with van der Waals surface area (Å²) < 4.78 is 28.5. The third-order valence-electron chi connectivity index (χ3n) is 2.38. The second kappa shape index (κ2) is 4.91. The fourth-order valence-corrected chi connectivity index (χ4v) is 1.88. The van der Waals surface area contributed by atoms with Crippen molar-refractivity contribution in [3.63, 3.8) is 0 Å². The van der Waals surface area contributed by atoms with Crippen LogP contribution in [0.25, 0.3) is 5.69 Å². The molecule has 0 unspecified atom stereocenters. The third-order valence-corrected chi connectivity index (χ3v) is 2.78. The number of hydrogen-bond acceptors (Lipinski definition) is 2. The zero-order chi connectivity index (χ0) is 12.4. The van der Waals surface area contributed by atoms with Crippen LogP contribution in [0.5, 0.6) is 0 Å². The largest absolute Gasteiger partial charge is 0.214 e. The summed E-state index contributed by atoms with van der Waals surface area (Å²) in [5.74, 6) is -1.26. The molecule has 0 aliphatic carbocycles. The highest BCUT2D eigenvalue weighted by atomic mass is 79.9. The van der Waals surface area contributed by atoms with Gasteiger partial charge in [-0.3, -0.25) is 0 Å². The van der Waals surface area contributed by atoms with Gasteiger partial charge in [-0.25, -0.2) is 13.5 Å². The van der Waals surface area contributed by atoms with Gasteiger partial charge in [-0.1, -0.05) is 27.2 Å². The summed E-state index contributed by atoms with van der Waals surface area (Å²) in [5.41, 5.74) is 0.874. The van der Waals surface area contributed by atoms with E-state index in [1.807, 2.05) is 0 Å². The van der Waals surface area contributed by atoms with Crippen LogP contribution in [0.3, 0.4) is 0 Å². The second-order valence-corrected chi connectivity index (χ2v) is 4.41. The standard InChI is InChI=1S/C11H10BrF2N3/c1-7-2-3-9(13)11(10(7)14)17-6-8(4-5-12)15-16-17/h2-3,6H,4-5H2,1H3. The maximum absolute atomic E-state index is 13.8. The summed E-state index contributed by atoms with van der Waals surface area (Å²) in [5, 5.41) is 8.30. The summed E-state index contributed by atoms with van der Waals surface area (Å²) in [6, 6.07) is 2.62. The van der Waals surface area contributed by atoms with E-state index in [0.29, 0.717) is 17.7 Å². The van der Waals surface area contributed by atoms with Gasteiger partial charge in [0.2, 0.25) is 0 Å². The summed E-state index contributed by atoms with van der Waals surface area (Å²) in [7, 11) is 0. The molecule has 0 aliphatic heterocycles. The summed E-state index contributed by atoms with van der Waals surface area (Å²) >= 11 is 3.27. The van der Waals surface area contributed by atoms with Crippen LogP contribution in [0, 0.1) is 18.6 Å². The highest BCUT2D eigenvalue weighted by molar-refractivity contribution is 9.09. The molecular weight excluding hydrogens is 292 g/mol. The molecule has 1 heterocycles. The van der Waals surface area contributed by atoms with Gasteiger partial charge in [-0.2, -0.15) is 0 Å². The first-order valence-electron chi connectivity index (χ1n) is 5.05. The lowest BCUT2D eigenvalue weighted by Crippen LogP contribution is -2.04. The molecule has 0 spiro atoms. The molecule has 0 amide bonds. The van der Waals surface area contributed by atoms with Crippen LogP contribution in [-0.2, 0) is 6.42 Å². The minimum absolute atomic E-state index is 0.182. The van der Waals surface area contributed by atoms with Gasteiger partial charge >= 0.3 is 0 Å². The molecule has 2 rings (SSSR count). The Morgan fingerprint density at radius 1 is 1.35 bits per heavy atom. The van der Waals surface area contributed by atoms with Gasteiger partial charge in [-0.05, 0) is 18.6 Å². The molecular formula is C11H10BrF2N3. The van der Waals surface area contributed by atoms with E-state index < -0.39 is 11.6 Å². The molecule has 0 fully saturated rings. The van der Waals surface area contributed by atoms with E-state index in [2.05, 4.69) is 26.2 Å². The van der Waals surface area contributed by atoms with E-state index in [0.717, 1.165) is 10.0 Å². The number of aryl methyl sites for hydroxylation is 2. The van der Waals surface area contributed by atoms with Crippen molar-refractivity contribution in [2.45, 2.75) is 13.3 Å². The molecule has 6 heteroatoms. The fraction of sp³-hybridized carbons (Fsp3) is 0.273. The summed E-state index contributed by atoms with van der Waals surface area (Å²) in [4.78, 5) is 0. The van der Waals surface area contributed by atoms with Crippen molar-refractivity contribution >= 4 is 15.9 Å². The second-order valence-electron chi connectivity index (χ2n) is 3.62. The minimum Gasteiger partial charge on any atom is -0.214 e. The molecule has 90 valence electrons. The topological polar surface area (TPSA) is 30.7 Å². The maximum atomic E-state index is 13.8.